The van der Waals surface area contributed by atoms with Crippen molar-refractivity contribution in [1.82, 2.24) is 0 Å². The molecular weight excluding hydrogens is 208 g/mol. The Hall–Kier alpha value is -2.07. The van der Waals surface area contributed by atoms with Crippen molar-refractivity contribution in [3.05, 3.63) is 29.3 Å². The molecular formula is C9H5F2NO3. The van der Waals surface area contributed by atoms with E-state index in [-0.39, 0.29) is 0 Å². The molecule has 4 nitrogen and oxygen atoms in total. The highest BCUT2D eigenvalue weighted by atomic mass is 19.1. The minimum absolute atomic E-state index is 0.447. The van der Waals surface area contributed by atoms with Gasteiger partial charge in [-0.25, -0.2) is 18.4 Å². The van der Waals surface area contributed by atoms with Crippen LogP contribution in [0.4, 0.5) is 14.5 Å². The van der Waals surface area contributed by atoms with Gasteiger partial charge in [0.25, 0.3) is 0 Å². The third-order valence-corrected chi connectivity index (χ3v) is 1.61. The standard InChI is InChI=1S/C9H5F2NO3/c1-15-9(14)5-2-8(12-4-13)7(11)3-6(5)10/h2-3H,1H3. The molecule has 0 spiro atoms. The normalized spacial score (nSPS) is 9.27. The summed E-state index contributed by atoms with van der Waals surface area (Å²) < 4.78 is 30.2. The number of hydrogen-bond acceptors (Lipinski definition) is 4. The van der Waals surface area contributed by atoms with Gasteiger partial charge < -0.3 is 4.74 Å². The molecule has 0 aliphatic rings. The average molecular weight is 213 g/mol. The highest BCUT2D eigenvalue weighted by molar-refractivity contribution is 5.90. The van der Waals surface area contributed by atoms with E-state index in [4.69, 9.17) is 0 Å². The predicted octanol–water partition coefficient (Wildman–Crippen LogP) is 1.72. The lowest BCUT2D eigenvalue weighted by molar-refractivity contribution is 0.0595. The molecule has 0 fully saturated rings. The van der Waals surface area contributed by atoms with E-state index in [1.807, 2.05) is 0 Å². The zero-order valence-electron chi connectivity index (χ0n) is 7.58. The van der Waals surface area contributed by atoms with Gasteiger partial charge in [-0.05, 0) is 6.07 Å². The Bertz CT molecular complexity index is 453. The van der Waals surface area contributed by atoms with Gasteiger partial charge in [0.15, 0.2) is 5.82 Å². The second kappa shape index (κ2) is 4.43. The first-order chi connectivity index (χ1) is 7.10. The first kappa shape index (κ1) is 11.0. The summed E-state index contributed by atoms with van der Waals surface area (Å²) in [4.78, 5) is 23.8. The number of halogens is 2. The highest BCUT2D eigenvalue weighted by Crippen LogP contribution is 2.22. The van der Waals surface area contributed by atoms with Gasteiger partial charge in [-0.3, -0.25) is 0 Å². The monoisotopic (exact) mass is 213 g/mol. The van der Waals surface area contributed by atoms with Crippen LogP contribution < -0.4 is 0 Å². The van der Waals surface area contributed by atoms with Crippen molar-refractivity contribution < 1.29 is 23.1 Å². The summed E-state index contributed by atoms with van der Waals surface area (Å²) in [5, 5.41) is 0. The van der Waals surface area contributed by atoms with Crippen LogP contribution in [-0.2, 0) is 9.53 Å². The lowest BCUT2D eigenvalue weighted by Crippen LogP contribution is -2.04. The largest absolute Gasteiger partial charge is 0.465 e. The number of ether oxygens (including phenoxy) is 1. The fourth-order valence-electron chi connectivity index (χ4n) is 0.939. The smallest absolute Gasteiger partial charge is 0.340 e. The Balaban J connectivity index is 3.35. The predicted molar refractivity (Wildman–Crippen MR) is 45.5 cm³/mol. The van der Waals surface area contributed by atoms with Crippen LogP contribution >= 0.6 is 0 Å². The summed E-state index contributed by atoms with van der Waals surface area (Å²) in [6.07, 6.45) is 1.09. The second-order valence-corrected chi connectivity index (χ2v) is 2.48. The van der Waals surface area contributed by atoms with Gasteiger partial charge in [-0.15, -0.1) is 0 Å². The summed E-state index contributed by atoms with van der Waals surface area (Å²) in [5.74, 6) is -3.11. The van der Waals surface area contributed by atoms with Crippen molar-refractivity contribution in [3.63, 3.8) is 0 Å². The Kier molecular flexibility index (Phi) is 3.25. The number of rotatable bonds is 2. The van der Waals surface area contributed by atoms with Gasteiger partial charge in [0, 0.05) is 6.07 Å². The maximum absolute atomic E-state index is 13.0. The molecule has 1 aromatic carbocycles. The Morgan fingerprint density at radius 3 is 2.60 bits per heavy atom. The molecule has 0 atom stereocenters. The molecule has 0 radical (unpaired) electrons. The molecule has 0 bridgehead atoms. The van der Waals surface area contributed by atoms with E-state index in [1.165, 1.54) is 0 Å². The zero-order chi connectivity index (χ0) is 11.4. The zero-order valence-corrected chi connectivity index (χ0v) is 7.58. The molecule has 0 saturated carbocycles. The molecule has 0 aliphatic carbocycles. The SMILES string of the molecule is COC(=O)c1cc(N=C=O)c(F)cc1F. The van der Waals surface area contributed by atoms with Crippen LogP contribution in [0.3, 0.4) is 0 Å². The van der Waals surface area contributed by atoms with Gasteiger partial charge in [-0.1, -0.05) is 0 Å². The number of esters is 1. The minimum atomic E-state index is -1.08. The quantitative estimate of drug-likeness (QED) is 0.427. The van der Waals surface area contributed by atoms with Crippen molar-refractivity contribution in [1.29, 1.82) is 0 Å². The molecule has 0 amide bonds. The number of methoxy groups -OCH3 is 1. The van der Waals surface area contributed by atoms with Crippen LogP contribution in [0, 0.1) is 11.6 Å². The van der Waals surface area contributed by atoms with Crippen molar-refractivity contribution in [2.45, 2.75) is 0 Å². The lowest BCUT2D eigenvalue weighted by atomic mass is 10.2. The molecule has 0 aliphatic heterocycles. The molecule has 6 heteroatoms. The molecule has 0 N–H and O–H groups in total. The van der Waals surface area contributed by atoms with Gasteiger partial charge in [-0.2, -0.15) is 4.99 Å². The number of carbonyl (C=O) groups excluding carboxylic acids is 2. The number of nitrogens with zero attached hydrogens (tertiary/aromatic N) is 1. The van der Waals surface area contributed by atoms with E-state index in [0.29, 0.717) is 6.07 Å². The molecule has 15 heavy (non-hydrogen) atoms. The van der Waals surface area contributed by atoms with Gasteiger partial charge in [0.1, 0.15) is 11.5 Å². The van der Waals surface area contributed by atoms with Crippen LogP contribution in [0.1, 0.15) is 10.4 Å². The van der Waals surface area contributed by atoms with Crippen LogP contribution in [0.5, 0.6) is 0 Å². The molecule has 1 rings (SSSR count). The first-order valence-electron chi connectivity index (χ1n) is 3.75. The molecule has 0 heterocycles. The lowest BCUT2D eigenvalue weighted by Gasteiger charge is -2.02. The Morgan fingerprint density at radius 2 is 2.07 bits per heavy atom. The van der Waals surface area contributed by atoms with Gasteiger partial charge in [0.2, 0.25) is 6.08 Å². The number of benzene rings is 1. The van der Waals surface area contributed by atoms with Crippen LogP contribution in [0.2, 0.25) is 0 Å². The van der Waals surface area contributed by atoms with Gasteiger partial charge >= 0.3 is 5.97 Å². The number of isocyanates is 1. The number of aliphatic imine (C=N–C) groups is 1. The van der Waals surface area contributed by atoms with Crippen molar-refractivity contribution in [2.24, 2.45) is 4.99 Å². The van der Waals surface area contributed by atoms with Crippen molar-refractivity contribution in [2.75, 3.05) is 7.11 Å². The topological polar surface area (TPSA) is 55.7 Å². The van der Waals surface area contributed by atoms with Crippen LogP contribution in [0.15, 0.2) is 17.1 Å². The second-order valence-electron chi connectivity index (χ2n) is 2.48. The molecule has 1 aromatic rings. The maximum Gasteiger partial charge on any atom is 0.340 e. The third-order valence-electron chi connectivity index (χ3n) is 1.61. The summed E-state index contributed by atoms with van der Waals surface area (Å²) >= 11 is 0. The average Bonchev–Trinajstić information content (AvgIpc) is 2.21. The molecule has 0 aromatic heterocycles. The van der Waals surface area contributed by atoms with Gasteiger partial charge in [0.05, 0.1) is 12.7 Å². The van der Waals surface area contributed by atoms with E-state index < -0.39 is 28.9 Å². The van der Waals surface area contributed by atoms with E-state index in [2.05, 4.69) is 9.73 Å². The van der Waals surface area contributed by atoms with Crippen molar-refractivity contribution >= 4 is 17.7 Å². The first-order valence-corrected chi connectivity index (χ1v) is 3.75. The summed E-state index contributed by atoms with van der Waals surface area (Å²) in [6, 6.07) is 1.23. The van der Waals surface area contributed by atoms with Crippen LogP contribution in [0.25, 0.3) is 0 Å². The summed E-state index contributed by atoms with van der Waals surface area (Å²) in [5.41, 5.74) is -0.959. The molecule has 0 unspecified atom stereocenters. The Labute approximate surface area is 83.2 Å². The van der Waals surface area contributed by atoms with E-state index in [9.17, 15) is 18.4 Å². The summed E-state index contributed by atoms with van der Waals surface area (Å²) in [7, 11) is 1.05. The van der Waals surface area contributed by atoms with E-state index in [0.717, 1.165) is 19.3 Å². The fourth-order valence-corrected chi connectivity index (χ4v) is 0.939. The maximum atomic E-state index is 13.0. The van der Waals surface area contributed by atoms with Crippen LogP contribution in [-0.4, -0.2) is 19.2 Å². The van der Waals surface area contributed by atoms with E-state index >= 15 is 0 Å². The minimum Gasteiger partial charge on any atom is -0.465 e. The fraction of sp³-hybridized carbons (Fsp3) is 0.111. The molecule has 0 saturated heterocycles. The van der Waals surface area contributed by atoms with Crippen molar-refractivity contribution in [3.8, 4) is 0 Å². The number of carbonyl (C=O) groups is 1. The third kappa shape index (κ3) is 2.24. The number of hydrogen-bond donors (Lipinski definition) is 0. The van der Waals surface area contributed by atoms with E-state index in [1.54, 1.807) is 0 Å². The summed E-state index contributed by atoms with van der Waals surface area (Å²) in [6.45, 7) is 0. The molecule has 78 valence electrons. The Morgan fingerprint density at radius 1 is 1.40 bits per heavy atom. The highest BCUT2D eigenvalue weighted by Gasteiger charge is 2.16.